The largest absolute Gasteiger partial charge is 0.341 e. The zero-order valence-electron chi connectivity index (χ0n) is 10.5. The third-order valence-corrected chi connectivity index (χ3v) is 3.97. The summed E-state index contributed by atoms with van der Waals surface area (Å²) >= 11 is 1.65. The molecular formula is C13H16N4S. The second-order valence-electron chi connectivity index (χ2n) is 4.57. The van der Waals surface area contributed by atoms with Gasteiger partial charge in [0.25, 0.3) is 0 Å². The van der Waals surface area contributed by atoms with Gasteiger partial charge in [-0.15, -0.1) is 11.3 Å². The summed E-state index contributed by atoms with van der Waals surface area (Å²) in [5, 5.41) is 3.12. The normalized spacial score (nSPS) is 15.9. The Balaban J connectivity index is 1.80. The van der Waals surface area contributed by atoms with Gasteiger partial charge in [-0.2, -0.15) is 0 Å². The molecule has 0 aliphatic carbocycles. The minimum Gasteiger partial charge on any atom is -0.341 e. The molecule has 0 N–H and O–H groups in total. The maximum absolute atomic E-state index is 4.47. The van der Waals surface area contributed by atoms with Gasteiger partial charge in [0.1, 0.15) is 0 Å². The molecule has 4 nitrogen and oxygen atoms in total. The van der Waals surface area contributed by atoms with Crippen LogP contribution in [0.3, 0.4) is 0 Å². The van der Waals surface area contributed by atoms with Gasteiger partial charge in [0.15, 0.2) is 0 Å². The number of hydrogen-bond donors (Lipinski definition) is 0. The Bertz CT molecular complexity index is 514. The zero-order valence-corrected chi connectivity index (χ0v) is 11.3. The smallest absolute Gasteiger partial charge is 0.225 e. The second kappa shape index (κ2) is 5.02. The first-order chi connectivity index (χ1) is 8.83. The first-order valence-corrected chi connectivity index (χ1v) is 7.20. The average molecular weight is 260 g/mol. The number of aryl methyl sites for hydroxylation is 1. The first-order valence-electron chi connectivity index (χ1n) is 6.32. The fourth-order valence-corrected chi connectivity index (χ4v) is 2.83. The van der Waals surface area contributed by atoms with Crippen LogP contribution < -0.4 is 4.90 Å². The van der Waals surface area contributed by atoms with E-state index in [9.17, 15) is 0 Å². The van der Waals surface area contributed by atoms with Crippen molar-refractivity contribution in [3.05, 3.63) is 22.8 Å². The van der Waals surface area contributed by atoms with Gasteiger partial charge in [0.05, 0.1) is 10.7 Å². The van der Waals surface area contributed by atoms with Crippen molar-refractivity contribution in [2.24, 2.45) is 0 Å². The molecule has 2 aromatic heterocycles. The highest BCUT2D eigenvalue weighted by Crippen LogP contribution is 2.22. The van der Waals surface area contributed by atoms with Crippen LogP contribution in [0.2, 0.25) is 0 Å². The molecule has 3 heterocycles. The molecule has 0 unspecified atom stereocenters. The lowest BCUT2D eigenvalue weighted by Gasteiger charge is -2.26. The van der Waals surface area contributed by atoms with Crippen LogP contribution in [0.4, 0.5) is 5.95 Å². The van der Waals surface area contributed by atoms with Crippen LogP contribution >= 0.6 is 11.3 Å². The van der Waals surface area contributed by atoms with Gasteiger partial charge >= 0.3 is 0 Å². The Hall–Kier alpha value is -1.49. The van der Waals surface area contributed by atoms with E-state index in [1.807, 2.05) is 19.3 Å². The Kier molecular flexibility index (Phi) is 3.23. The fourth-order valence-electron chi connectivity index (χ4n) is 2.21. The molecule has 0 radical (unpaired) electrons. The average Bonchev–Trinajstić information content (AvgIpc) is 2.87. The van der Waals surface area contributed by atoms with Gasteiger partial charge < -0.3 is 4.90 Å². The highest BCUT2D eigenvalue weighted by molar-refractivity contribution is 7.09. The molecule has 0 amide bonds. The molecule has 0 bridgehead atoms. The summed E-state index contributed by atoms with van der Waals surface area (Å²) in [6.45, 7) is 4.17. The van der Waals surface area contributed by atoms with Gasteiger partial charge in [0, 0.05) is 36.4 Å². The van der Waals surface area contributed by atoms with Crippen LogP contribution in [-0.2, 0) is 0 Å². The van der Waals surface area contributed by atoms with Crippen molar-refractivity contribution >= 4 is 17.3 Å². The summed E-state index contributed by atoms with van der Waals surface area (Å²) in [4.78, 5) is 15.6. The van der Waals surface area contributed by atoms with E-state index in [0.717, 1.165) is 35.3 Å². The molecule has 1 saturated heterocycles. The Morgan fingerprint density at radius 3 is 2.44 bits per heavy atom. The Labute approximate surface area is 111 Å². The molecule has 0 aromatic carbocycles. The van der Waals surface area contributed by atoms with Gasteiger partial charge in [-0.1, -0.05) is 0 Å². The lowest BCUT2D eigenvalue weighted by Crippen LogP contribution is -2.30. The lowest BCUT2D eigenvalue weighted by atomic mass is 10.1. The third-order valence-electron chi connectivity index (χ3n) is 3.19. The molecule has 0 saturated carbocycles. The van der Waals surface area contributed by atoms with Crippen molar-refractivity contribution in [2.45, 2.75) is 26.2 Å². The van der Waals surface area contributed by atoms with Crippen LogP contribution in [-0.4, -0.2) is 28.0 Å². The Morgan fingerprint density at radius 2 is 1.83 bits per heavy atom. The zero-order chi connectivity index (χ0) is 12.4. The van der Waals surface area contributed by atoms with E-state index in [1.54, 1.807) is 11.3 Å². The molecule has 1 aliphatic heterocycles. The summed E-state index contributed by atoms with van der Waals surface area (Å²) in [6.07, 6.45) is 7.58. The summed E-state index contributed by atoms with van der Waals surface area (Å²) in [7, 11) is 0. The van der Waals surface area contributed by atoms with Crippen LogP contribution in [0.15, 0.2) is 17.8 Å². The number of thiazole rings is 1. The number of aromatic nitrogens is 3. The molecule has 3 rings (SSSR count). The van der Waals surface area contributed by atoms with Crippen molar-refractivity contribution in [2.75, 3.05) is 18.0 Å². The first kappa shape index (κ1) is 11.6. The maximum Gasteiger partial charge on any atom is 0.225 e. The van der Waals surface area contributed by atoms with E-state index in [0.29, 0.717) is 0 Å². The number of piperidine rings is 1. The van der Waals surface area contributed by atoms with Gasteiger partial charge in [-0.3, -0.25) is 0 Å². The van der Waals surface area contributed by atoms with Crippen LogP contribution in [0.1, 0.15) is 24.3 Å². The number of hydrogen-bond acceptors (Lipinski definition) is 5. The van der Waals surface area contributed by atoms with E-state index in [2.05, 4.69) is 25.2 Å². The quantitative estimate of drug-likeness (QED) is 0.832. The van der Waals surface area contributed by atoms with Crippen LogP contribution in [0.25, 0.3) is 11.3 Å². The van der Waals surface area contributed by atoms with Gasteiger partial charge in [-0.05, 0) is 26.2 Å². The monoisotopic (exact) mass is 260 g/mol. The minimum atomic E-state index is 0.852. The standard InChI is InChI=1S/C13H16N4S/c1-10-16-12(9-18-10)11-7-14-13(15-8-11)17-5-3-2-4-6-17/h7-9H,2-6H2,1H3. The van der Waals surface area contributed by atoms with E-state index >= 15 is 0 Å². The van der Waals surface area contributed by atoms with E-state index in [-0.39, 0.29) is 0 Å². The molecular weight excluding hydrogens is 244 g/mol. The van der Waals surface area contributed by atoms with Crippen molar-refractivity contribution in [3.8, 4) is 11.3 Å². The van der Waals surface area contributed by atoms with E-state index in [4.69, 9.17) is 0 Å². The predicted molar refractivity (Wildman–Crippen MR) is 73.9 cm³/mol. The SMILES string of the molecule is Cc1nc(-c2cnc(N3CCCCC3)nc2)cs1. The molecule has 1 aliphatic rings. The summed E-state index contributed by atoms with van der Waals surface area (Å²) in [5.41, 5.74) is 1.97. The van der Waals surface area contributed by atoms with Gasteiger partial charge in [0.2, 0.25) is 5.95 Å². The highest BCUT2D eigenvalue weighted by atomic mass is 32.1. The maximum atomic E-state index is 4.47. The molecule has 1 fully saturated rings. The van der Waals surface area contributed by atoms with E-state index in [1.165, 1.54) is 19.3 Å². The Morgan fingerprint density at radius 1 is 1.11 bits per heavy atom. The topological polar surface area (TPSA) is 41.9 Å². The predicted octanol–water partition coefficient (Wildman–Crippen LogP) is 2.90. The second-order valence-corrected chi connectivity index (χ2v) is 5.63. The molecule has 5 heteroatoms. The number of nitrogens with zero attached hydrogens (tertiary/aromatic N) is 4. The van der Waals surface area contributed by atoms with Crippen molar-refractivity contribution in [3.63, 3.8) is 0 Å². The minimum absolute atomic E-state index is 0.852. The fraction of sp³-hybridized carbons (Fsp3) is 0.462. The molecule has 0 atom stereocenters. The van der Waals surface area contributed by atoms with Crippen molar-refractivity contribution < 1.29 is 0 Å². The van der Waals surface area contributed by atoms with Crippen LogP contribution in [0.5, 0.6) is 0 Å². The number of rotatable bonds is 2. The van der Waals surface area contributed by atoms with Gasteiger partial charge in [-0.25, -0.2) is 15.0 Å². The van der Waals surface area contributed by atoms with Crippen molar-refractivity contribution in [1.29, 1.82) is 0 Å². The van der Waals surface area contributed by atoms with E-state index < -0.39 is 0 Å². The molecule has 94 valence electrons. The highest BCUT2D eigenvalue weighted by Gasteiger charge is 2.13. The summed E-state index contributed by atoms with van der Waals surface area (Å²) in [6, 6.07) is 0. The lowest BCUT2D eigenvalue weighted by molar-refractivity contribution is 0.568. The number of anilines is 1. The molecule has 2 aromatic rings. The molecule has 18 heavy (non-hydrogen) atoms. The molecule has 0 spiro atoms. The third kappa shape index (κ3) is 2.36. The van der Waals surface area contributed by atoms with Crippen LogP contribution in [0, 0.1) is 6.92 Å². The van der Waals surface area contributed by atoms with Crippen molar-refractivity contribution in [1.82, 2.24) is 15.0 Å². The summed E-state index contributed by atoms with van der Waals surface area (Å²) in [5.74, 6) is 0.852. The summed E-state index contributed by atoms with van der Waals surface area (Å²) < 4.78 is 0.